The van der Waals surface area contributed by atoms with Crippen LogP contribution in [0.3, 0.4) is 0 Å². The van der Waals surface area contributed by atoms with E-state index in [1.165, 1.54) is 31.3 Å². The van der Waals surface area contributed by atoms with Crippen LogP contribution in [0.25, 0.3) is 11.0 Å². The summed E-state index contributed by atoms with van der Waals surface area (Å²) in [6, 6.07) is 15.4. The second-order valence-electron chi connectivity index (χ2n) is 7.24. The number of hydrogen-bond acceptors (Lipinski definition) is 6. The molecule has 0 saturated heterocycles. The van der Waals surface area contributed by atoms with Crippen molar-refractivity contribution in [2.24, 2.45) is 0 Å². The third-order valence-corrected chi connectivity index (χ3v) is 7.94. The van der Waals surface area contributed by atoms with Gasteiger partial charge in [0.15, 0.2) is 6.61 Å². The molecule has 0 aliphatic carbocycles. The number of nitrogens with zero attached hydrogens (tertiary/aromatic N) is 3. The molecule has 4 rings (SSSR count). The Hall–Kier alpha value is -3.25. The molecule has 0 N–H and O–H groups in total. The smallest absolute Gasteiger partial charge is 0.422 e. The maximum absolute atomic E-state index is 13.4. The molecule has 1 unspecified atom stereocenters. The fourth-order valence-corrected chi connectivity index (χ4v) is 6.33. The van der Waals surface area contributed by atoms with E-state index >= 15 is 0 Å². The number of fused-ring (bicyclic) bond motifs is 1. The van der Waals surface area contributed by atoms with Crippen LogP contribution in [0.2, 0.25) is 0 Å². The summed E-state index contributed by atoms with van der Waals surface area (Å²) in [4.78, 5) is 8.40. The lowest BCUT2D eigenvalue weighted by molar-refractivity contribution is -0.153. The molecule has 0 bridgehead atoms. The van der Waals surface area contributed by atoms with Gasteiger partial charge in [-0.2, -0.15) is 13.2 Å². The van der Waals surface area contributed by atoms with E-state index < -0.39 is 33.6 Å². The summed E-state index contributed by atoms with van der Waals surface area (Å²) in [7, 11) is -6.15. The second kappa shape index (κ2) is 9.18. The number of hydrogen-bond donors (Lipinski definition) is 0. The topological polar surface area (TPSA) is 91.2 Å². The Labute approximate surface area is 195 Å². The first-order valence-electron chi connectivity index (χ1n) is 9.88. The predicted molar refractivity (Wildman–Crippen MR) is 119 cm³/mol. The third kappa shape index (κ3) is 4.82. The van der Waals surface area contributed by atoms with Crippen LogP contribution in [0.4, 0.5) is 13.2 Å². The van der Waals surface area contributed by atoms with E-state index in [9.17, 15) is 25.8 Å². The first-order chi connectivity index (χ1) is 16.1. The van der Waals surface area contributed by atoms with Crippen LogP contribution < -0.4 is 4.74 Å². The fraction of sp³-hybridized carbons (Fsp3) is 0.182. The second-order valence-corrected chi connectivity index (χ2v) is 10.4. The van der Waals surface area contributed by atoms with Crippen molar-refractivity contribution in [1.29, 1.82) is 0 Å². The number of benzene rings is 2. The number of halogens is 3. The molecule has 2 aromatic heterocycles. The summed E-state index contributed by atoms with van der Waals surface area (Å²) in [6.07, 6.45) is -3.27. The molecule has 4 aromatic rings. The van der Waals surface area contributed by atoms with Gasteiger partial charge in [0.2, 0.25) is 5.16 Å². The average Bonchev–Trinajstić information content (AvgIpc) is 3.20. The first kappa shape index (κ1) is 23.9. The van der Waals surface area contributed by atoms with Gasteiger partial charge in [-0.1, -0.05) is 30.3 Å². The summed E-state index contributed by atoms with van der Waals surface area (Å²) in [5.74, 6) is -0.326. The largest absolute Gasteiger partial charge is 0.484 e. The highest BCUT2D eigenvalue weighted by Gasteiger charge is 2.30. The zero-order valence-electron chi connectivity index (χ0n) is 17.7. The molecular formula is C22H18F3N3O4S2. The molecule has 7 nitrogen and oxygen atoms in total. The number of imidazole rings is 1. The highest BCUT2D eigenvalue weighted by Crippen LogP contribution is 2.28. The standard InChI is InChI=1S/C22H18F3N3O4S2/c1-15-18(26-12-11-20(15)32-14-22(23,24)25)13-33(29)21-27-17-9-5-6-10-19(17)28(21)34(30,31)16-7-3-2-4-8-16/h2-12H,13-14H2,1H3. The molecule has 12 heteroatoms. The van der Waals surface area contributed by atoms with Gasteiger partial charge in [0.25, 0.3) is 10.0 Å². The number of para-hydroxylation sites is 2. The lowest BCUT2D eigenvalue weighted by atomic mass is 10.2. The van der Waals surface area contributed by atoms with Crippen LogP contribution >= 0.6 is 0 Å². The molecule has 0 radical (unpaired) electrons. The van der Waals surface area contributed by atoms with E-state index in [4.69, 9.17) is 4.74 Å². The Kier molecular flexibility index (Phi) is 6.45. The van der Waals surface area contributed by atoms with Crippen molar-refractivity contribution in [3.8, 4) is 5.75 Å². The van der Waals surface area contributed by atoms with Gasteiger partial charge in [-0.15, -0.1) is 0 Å². The van der Waals surface area contributed by atoms with Crippen LogP contribution in [0, 0.1) is 6.92 Å². The molecule has 0 spiro atoms. The Morgan fingerprint density at radius 3 is 2.41 bits per heavy atom. The van der Waals surface area contributed by atoms with Crippen LogP contribution in [-0.2, 0) is 26.6 Å². The molecule has 0 aliphatic heterocycles. The van der Waals surface area contributed by atoms with Crippen molar-refractivity contribution < 1.29 is 30.5 Å². The van der Waals surface area contributed by atoms with Crippen molar-refractivity contribution in [1.82, 2.24) is 13.9 Å². The van der Waals surface area contributed by atoms with Crippen molar-refractivity contribution in [3.05, 3.63) is 78.1 Å². The number of ether oxygens (including phenoxy) is 1. The molecule has 2 aromatic carbocycles. The van der Waals surface area contributed by atoms with E-state index in [0.29, 0.717) is 5.52 Å². The molecule has 178 valence electrons. The third-order valence-electron chi connectivity index (χ3n) is 4.89. The van der Waals surface area contributed by atoms with E-state index in [1.807, 2.05) is 0 Å². The normalized spacial score (nSPS) is 13.2. The van der Waals surface area contributed by atoms with Gasteiger partial charge in [0.1, 0.15) is 5.75 Å². The van der Waals surface area contributed by atoms with Crippen LogP contribution in [-0.4, -0.2) is 39.4 Å². The lowest BCUT2D eigenvalue weighted by Crippen LogP contribution is -2.20. The summed E-state index contributed by atoms with van der Waals surface area (Å²) < 4.78 is 83.6. The van der Waals surface area contributed by atoms with Gasteiger partial charge in [-0.25, -0.2) is 17.4 Å². The maximum Gasteiger partial charge on any atom is 0.422 e. The van der Waals surface area contributed by atoms with E-state index in [2.05, 4.69) is 9.97 Å². The summed E-state index contributed by atoms with van der Waals surface area (Å²) in [5, 5.41) is -0.215. The highest BCUT2D eigenvalue weighted by atomic mass is 32.2. The quantitative estimate of drug-likeness (QED) is 0.370. The molecule has 0 saturated carbocycles. The van der Waals surface area contributed by atoms with Crippen molar-refractivity contribution in [2.75, 3.05) is 6.61 Å². The van der Waals surface area contributed by atoms with E-state index in [1.54, 1.807) is 42.5 Å². The minimum atomic E-state index is -4.52. The molecule has 2 heterocycles. The van der Waals surface area contributed by atoms with Crippen molar-refractivity contribution >= 4 is 31.9 Å². The molecule has 34 heavy (non-hydrogen) atoms. The maximum atomic E-state index is 13.4. The Morgan fingerprint density at radius 2 is 1.71 bits per heavy atom. The molecule has 1 atom stereocenters. The fourth-order valence-electron chi connectivity index (χ4n) is 3.26. The minimum absolute atomic E-state index is 0.00624. The zero-order chi connectivity index (χ0) is 24.5. The van der Waals surface area contributed by atoms with Crippen LogP contribution in [0.5, 0.6) is 5.75 Å². The summed E-state index contributed by atoms with van der Waals surface area (Å²) >= 11 is 0. The zero-order valence-corrected chi connectivity index (χ0v) is 19.3. The van der Waals surface area contributed by atoms with Crippen molar-refractivity contribution in [2.45, 2.75) is 28.9 Å². The van der Waals surface area contributed by atoms with Crippen LogP contribution in [0.15, 0.2) is 76.9 Å². The Balaban J connectivity index is 1.75. The van der Waals surface area contributed by atoms with Gasteiger partial charge in [0, 0.05) is 11.8 Å². The van der Waals surface area contributed by atoms with E-state index in [-0.39, 0.29) is 38.3 Å². The highest BCUT2D eigenvalue weighted by molar-refractivity contribution is 7.91. The lowest BCUT2D eigenvalue weighted by Gasteiger charge is -2.14. The molecule has 0 aliphatic rings. The number of rotatable bonds is 7. The predicted octanol–water partition coefficient (Wildman–Crippen LogP) is 4.23. The van der Waals surface area contributed by atoms with Gasteiger partial charge < -0.3 is 4.74 Å². The SMILES string of the molecule is Cc1c(OCC(F)(F)F)ccnc1CS(=O)c1nc2ccccc2n1S(=O)(=O)c1ccccc1. The first-order valence-corrected chi connectivity index (χ1v) is 12.6. The Bertz CT molecular complexity index is 1470. The summed E-state index contributed by atoms with van der Waals surface area (Å²) in [5.41, 5.74) is 1.06. The van der Waals surface area contributed by atoms with Crippen LogP contribution in [0.1, 0.15) is 11.3 Å². The monoisotopic (exact) mass is 509 g/mol. The van der Waals surface area contributed by atoms with Crippen molar-refractivity contribution in [3.63, 3.8) is 0 Å². The molecular weight excluding hydrogens is 491 g/mol. The Morgan fingerprint density at radius 1 is 1.03 bits per heavy atom. The molecule has 0 amide bonds. The summed E-state index contributed by atoms with van der Waals surface area (Å²) in [6.45, 7) is 0.0143. The minimum Gasteiger partial charge on any atom is -0.484 e. The van der Waals surface area contributed by atoms with Gasteiger partial charge >= 0.3 is 6.18 Å². The molecule has 0 fully saturated rings. The van der Waals surface area contributed by atoms with Gasteiger partial charge in [-0.05, 0) is 37.3 Å². The number of alkyl halides is 3. The van der Waals surface area contributed by atoms with Gasteiger partial charge in [-0.3, -0.25) is 9.19 Å². The number of pyridine rings is 1. The van der Waals surface area contributed by atoms with E-state index in [0.717, 1.165) is 3.97 Å². The average molecular weight is 510 g/mol. The number of aromatic nitrogens is 3. The van der Waals surface area contributed by atoms with Gasteiger partial charge in [0.05, 0.1) is 38.2 Å².